The van der Waals surface area contributed by atoms with Crippen molar-refractivity contribution in [2.75, 3.05) is 31.5 Å². The van der Waals surface area contributed by atoms with Crippen molar-refractivity contribution < 1.29 is 13.9 Å². The van der Waals surface area contributed by atoms with Crippen molar-refractivity contribution in [3.8, 4) is 21.8 Å². The van der Waals surface area contributed by atoms with Gasteiger partial charge in [-0.25, -0.2) is 19.3 Å². The van der Waals surface area contributed by atoms with Crippen LogP contribution < -0.4 is 16.0 Å². The molecule has 4 rings (SSSR count). The summed E-state index contributed by atoms with van der Waals surface area (Å²) < 4.78 is 1.67. The van der Waals surface area contributed by atoms with Gasteiger partial charge in [0.05, 0.1) is 28.0 Å². The fourth-order valence-corrected chi connectivity index (χ4v) is 4.81. The molecule has 0 aliphatic carbocycles. The fraction of sp³-hybridized carbons (Fsp3) is 0.346. The largest absolute Gasteiger partial charge is 0.350 e. The maximum Gasteiger partial charge on any atom is 0.320 e. The van der Waals surface area contributed by atoms with Crippen LogP contribution >= 0.6 is 11.3 Å². The van der Waals surface area contributed by atoms with E-state index in [0.717, 1.165) is 23.7 Å². The quantitative estimate of drug-likeness (QED) is 0.272. The van der Waals surface area contributed by atoms with Crippen LogP contribution in [0.3, 0.4) is 0 Å². The fourth-order valence-electron chi connectivity index (χ4n) is 4.11. The van der Waals surface area contributed by atoms with Gasteiger partial charge in [0, 0.05) is 35.2 Å². The van der Waals surface area contributed by atoms with E-state index in [4.69, 9.17) is 4.98 Å². The number of carbonyl (C=O) groups excluding carboxylic acids is 2. The first-order valence-corrected chi connectivity index (χ1v) is 13.3. The number of hydrogen-bond acceptors (Lipinski definition) is 7. The summed E-state index contributed by atoms with van der Waals surface area (Å²) in [4.78, 5) is 38.2. The van der Waals surface area contributed by atoms with Gasteiger partial charge in [-0.15, -0.1) is 11.3 Å². The average Bonchev–Trinajstić information content (AvgIpc) is 3.58. The van der Waals surface area contributed by atoms with Crippen molar-refractivity contribution in [1.82, 2.24) is 35.1 Å². The maximum absolute atomic E-state index is 13.2. The number of urea groups is 1. The molecular formula is C26H38N8O2S. The molecule has 4 heterocycles. The SMILES string of the molecule is CCNC(=O)Nc1cc(C(=O)NC[C@H](C)N(CC)CC)cc(-c2cnn3ccc(-c4cccs4)nc23)n1.[HH].[HH].[HH]. The minimum absolute atomic E-state index is 0. The van der Waals surface area contributed by atoms with Gasteiger partial charge in [0.25, 0.3) is 5.91 Å². The molecule has 0 unspecified atom stereocenters. The predicted molar refractivity (Wildman–Crippen MR) is 153 cm³/mol. The summed E-state index contributed by atoms with van der Waals surface area (Å²) >= 11 is 1.60. The summed E-state index contributed by atoms with van der Waals surface area (Å²) in [5, 5.41) is 14.9. The van der Waals surface area contributed by atoms with Gasteiger partial charge in [-0.3, -0.25) is 15.0 Å². The first-order chi connectivity index (χ1) is 17.9. The molecule has 4 aromatic heterocycles. The molecule has 0 aliphatic rings. The lowest BCUT2D eigenvalue weighted by atomic mass is 10.1. The lowest BCUT2D eigenvalue weighted by Gasteiger charge is -2.26. The van der Waals surface area contributed by atoms with E-state index >= 15 is 0 Å². The van der Waals surface area contributed by atoms with Gasteiger partial charge in [0.15, 0.2) is 5.65 Å². The van der Waals surface area contributed by atoms with Gasteiger partial charge >= 0.3 is 6.03 Å². The average molecular weight is 527 g/mol. The molecule has 11 heteroatoms. The van der Waals surface area contributed by atoms with Crippen LogP contribution in [0.5, 0.6) is 0 Å². The van der Waals surface area contributed by atoms with Gasteiger partial charge < -0.3 is 10.6 Å². The first-order valence-electron chi connectivity index (χ1n) is 12.4. The van der Waals surface area contributed by atoms with Crippen LogP contribution in [-0.2, 0) is 0 Å². The Balaban J connectivity index is 0.00000267. The number of fused-ring (bicyclic) bond motifs is 1. The Bertz CT molecular complexity index is 1380. The molecule has 0 fully saturated rings. The Morgan fingerprint density at radius 3 is 2.62 bits per heavy atom. The highest BCUT2D eigenvalue weighted by atomic mass is 32.1. The molecule has 0 aliphatic heterocycles. The van der Waals surface area contributed by atoms with Crippen molar-refractivity contribution in [3.05, 3.63) is 53.7 Å². The summed E-state index contributed by atoms with van der Waals surface area (Å²) in [6.45, 7) is 10.9. The molecule has 0 radical (unpaired) electrons. The number of thiophene rings is 1. The Morgan fingerprint density at radius 1 is 1.11 bits per heavy atom. The number of nitrogens with one attached hydrogen (secondary N) is 3. The van der Waals surface area contributed by atoms with Gasteiger partial charge in [-0.1, -0.05) is 19.9 Å². The van der Waals surface area contributed by atoms with Crippen molar-refractivity contribution >= 4 is 34.7 Å². The lowest BCUT2D eigenvalue weighted by molar-refractivity contribution is 0.0938. The number of carbonyl (C=O) groups is 2. The monoisotopic (exact) mass is 526 g/mol. The van der Waals surface area contributed by atoms with Crippen molar-refractivity contribution in [1.29, 1.82) is 0 Å². The van der Waals surface area contributed by atoms with Crippen molar-refractivity contribution in [3.63, 3.8) is 0 Å². The highest BCUT2D eigenvalue weighted by molar-refractivity contribution is 7.13. The second kappa shape index (κ2) is 11.9. The molecule has 1 atom stereocenters. The molecule has 10 nitrogen and oxygen atoms in total. The summed E-state index contributed by atoms with van der Waals surface area (Å²) in [5.41, 5.74) is 2.96. The summed E-state index contributed by atoms with van der Waals surface area (Å²) in [6.07, 6.45) is 3.52. The molecule has 0 bridgehead atoms. The van der Waals surface area contributed by atoms with Crippen LogP contribution in [0.15, 0.2) is 48.1 Å². The zero-order valence-electron chi connectivity index (χ0n) is 21.5. The normalized spacial score (nSPS) is 12.0. The van der Waals surface area contributed by atoms with Gasteiger partial charge in [-0.05, 0) is 56.6 Å². The summed E-state index contributed by atoms with van der Waals surface area (Å²) in [7, 11) is 0. The number of nitrogens with zero attached hydrogens (tertiary/aromatic N) is 5. The molecule has 3 N–H and O–H groups in total. The van der Waals surface area contributed by atoms with Crippen LogP contribution in [0, 0.1) is 0 Å². The smallest absolute Gasteiger partial charge is 0.320 e. The van der Waals surface area contributed by atoms with Crippen LogP contribution in [0.2, 0.25) is 0 Å². The van der Waals surface area contributed by atoms with E-state index in [1.54, 1.807) is 34.2 Å². The lowest BCUT2D eigenvalue weighted by Crippen LogP contribution is -2.42. The predicted octanol–water partition coefficient (Wildman–Crippen LogP) is 4.86. The third-order valence-corrected chi connectivity index (χ3v) is 6.97. The first kappa shape index (κ1) is 26.2. The number of anilines is 1. The minimum atomic E-state index is -0.397. The molecule has 0 spiro atoms. The third kappa shape index (κ3) is 6.12. The van der Waals surface area contributed by atoms with E-state index in [1.807, 2.05) is 36.7 Å². The maximum atomic E-state index is 13.2. The van der Waals surface area contributed by atoms with Crippen LogP contribution in [0.1, 0.15) is 42.3 Å². The molecule has 0 saturated heterocycles. The molecule has 200 valence electrons. The molecule has 3 amide bonds. The molecule has 37 heavy (non-hydrogen) atoms. The van der Waals surface area contributed by atoms with E-state index in [2.05, 4.69) is 51.7 Å². The topological polar surface area (TPSA) is 117 Å². The van der Waals surface area contributed by atoms with Gasteiger partial charge in [0.2, 0.25) is 0 Å². The standard InChI is InChI=1S/C26H32N8O2S.3H2/c1-5-27-26(36)32-23-14-18(25(35)28-15-17(4)33(6-2)7-3)13-21(30-23)19-16-29-34-11-10-20(31-24(19)34)22-9-8-12-37-22;;;/h8-14,16-17H,5-7,15H2,1-4H3,(H,28,35)(H2,27,30,32,36);3*1H/t17-;;;/m0.../s1. The van der Waals surface area contributed by atoms with Gasteiger partial charge in [0.1, 0.15) is 5.82 Å². The zero-order valence-corrected chi connectivity index (χ0v) is 22.3. The Morgan fingerprint density at radius 2 is 1.92 bits per heavy atom. The molecule has 0 saturated carbocycles. The van der Waals surface area contributed by atoms with E-state index in [1.165, 1.54) is 0 Å². The number of amides is 3. The number of rotatable bonds is 10. The third-order valence-electron chi connectivity index (χ3n) is 6.08. The Labute approximate surface area is 224 Å². The second-order valence-corrected chi connectivity index (χ2v) is 9.46. The zero-order chi connectivity index (χ0) is 26.4. The van der Waals surface area contributed by atoms with Crippen LogP contribution in [0.4, 0.5) is 10.6 Å². The van der Waals surface area contributed by atoms with Crippen LogP contribution in [0.25, 0.3) is 27.5 Å². The van der Waals surface area contributed by atoms with E-state index < -0.39 is 6.03 Å². The Kier molecular flexibility index (Phi) is 8.47. The summed E-state index contributed by atoms with van der Waals surface area (Å²) in [5.74, 6) is 0.0180. The summed E-state index contributed by atoms with van der Waals surface area (Å²) in [6, 6.07) is 8.97. The highest BCUT2D eigenvalue weighted by Gasteiger charge is 2.18. The van der Waals surface area contributed by atoms with Crippen LogP contribution in [-0.4, -0.2) is 68.6 Å². The molecule has 4 aromatic rings. The van der Waals surface area contributed by atoms with E-state index in [-0.39, 0.29) is 22.0 Å². The molecular weight excluding hydrogens is 488 g/mol. The van der Waals surface area contributed by atoms with E-state index in [9.17, 15) is 9.59 Å². The number of likely N-dealkylation sites (N-methyl/N-ethyl adjacent to an activating group) is 1. The number of hydrogen-bond donors (Lipinski definition) is 3. The van der Waals surface area contributed by atoms with Crippen molar-refractivity contribution in [2.24, 2.45) is 0 Å². The molecule has 0 aromatic carbocycles. The van der Waals surface area contributed by atoms with E-state index in [0.29, 0.717) is 35.6 Å². The van der Waals surface area contributed by atoms with Gasteiger partial charge in [-0.2, -0.15) is 5.10 Å². The minimum Gasteiger partial charge on any atom is -0.350 e. The highest BCUT2D eigenvalue weighted by Crippen LogP contribution is 2.28. The number of aromatic nitrogens is 4. The second-order valence-electron chi connectivity index (χ2n) is 8.51. The number of pyridine rings is 1. The Hall–Kier alpha value is -3.83. The van der Waals surface area contributed by atoms with Crippen molar-refractivity contribution in [2.45, 2.75) is 33.7 Å².